The number of nitrogens with zero attached hydrogens (tertiary/aromatic N) is 3. The summed E-state index contributed by atoms with van der Waals surface area (Å²) >= 11 is 0. The van der Waals surface area contributed by atoms with E-state index in [0.717, 1.165) is 0 Å². The fraction of sp³-hybridized carbons (Fsp3) is 0.636. The number of carbonyl (C=O) groups is 2. The van der Waals surface area contributed by atoms with Gasteiger partial charge in [-0.3, -0.25) is 14.8 Å². The van der Waals surface area contributed by atoms with Crippen LogP contribution >= 0.6 is 0 Å². The van der Waals surface area contributed by atoms with E-state index >= 15 is 0 Å². The molecule has 0 saturated carbocycles. The molecule has 1 heterocycles. The van der Waals surface area contributed by atoms with Crippen LogP contribution in [0.15, 0.2) is 6.33 Å². The van der Waals surface area contributed by atoms with Crippen LogP contribution < -0.4 is 16.0 Å². The Hall–Kier alpha value is -1.96. The molecule has 1 atom stereocenters. The normalized spacial score (nSPS) is 11.9. The lowest BCUT2D eigenvalue weighted by atomic mass is 10.3. The number of nitrogens with one attached hydrogen (secondary N) is 3. The van der Waals surface area contributed by atoms with Gasteiger partial charge in [0.25, 0.3) is 0 Å². The van der Waals surface area contributed by atoms with E-state index in [1.807, 2.05) is 0 Å². The van der Waals surface area contributed by atoms with Crippen molar-refractivity contribution >= 4 is 11.9 Å². The first-order valence-electron chi connectivity index (χ1n) is 6.19. The molecule has 3 N–H and O–H groups in total. The second-order valence-corrected chi connectivity index (χ2v) is 4.11. The number of amides is 3. The molecule has 1 rings (SSSR count). The lowest BCUT2D eigenvalue weighted by Crippen LogP contribution is -2.48. The van der Waals surface area contributed by atoms with Crippen LogP contribution in [0.25, 0.3) is 0 Å². The summed E-state index contributed by atoms with van der Waals surface area (Å²) in [5, 5.41) is 11.9. The number of hydrogen-bond donors (Lipinski definition) is 3. The molecule has 19 heavy (non-hydrogen) atoms. The number of aryl methyl sites for hydroxylation is 1. The van der Waals surface area contributed by atoms with Gasteiger partial charge in [0.2, 0.25) is 5.91 Å². The maximum absolute atomic E-state index is 11.6. The Morgan fingerprint density at radius 1 is 1.47 bits per heavy atom. The van der Waals surface area contributed by atoms with Gasteiger partial charge in [0.15, 0.2) is 5.82 Å². The summed E-state index contributed by atoms with van der Waals surface area (Å²) < 4.78 is 1.63. The Kier molecular flexibility index (Phi) is 5.94. The van der Waals surface area contributed by atoms with Crippen LogP contribution in [0.1, 0.15) is 19.7 Å². The summed E-state index contributed by atoms with van der Waals surface area (Å²) in [4.78, 5) is 26.8. The van der Waals surface area contributed by atoms with Crippen molar-refractivity contribution in [3.8, 4) is 0 Å². The topological polar surface area (TPSA) is 101 Å². The standard InChI is InChI=1S/C11H20N6O2/c1-4-12-11(19)15-10(18)8(2)13-6-5-9-14-7-17(3)16-9/h7-8,13H,4-6H2,1-3H3,(H2,12,15,18,19). The minimum atomic E-state index is -0.479. The zero-order valence-corrected chi connectivity index (χ0v) is 11.4. The molecule has 8 heteroatoms. The maximum atomic E-state index is 11.6. The molecule has 0 fully saturated rings. The van der Waals surface area contributed by atoms with Crippen LogP contribution in [0.2, 0.25) is 0 Å². The number of hydrogen-bond acceptors (Lipinski definition) is 5. The van der Waals surface area contributed by atoms with Gasteiger partial charge in [0.05, 0.1) is 6.04 Å². The zero-order chi connectivity index (χ0) is 14.3. The Morgan fingerprint density at radius 3 is 2.79 bits per heavy atom. The van der Waals surface area contributed by atoms with Gasteiger partial charge in [-0.15, -0.1) is 0 Å². The van der Waals surface area contributed by atoms with Gasteiger partial charge < -0.3 is 10.6 Å². The predicted molar refractivity (Wildman–Crippen MR) is 69.4 cm³/mol. The van der Waals surface area contributed by atoms with Crippen molar-refractivity contribution in [3.05, 3.63) is 12.2 Å². The van der Waals surface area contributed by atoms with Crippen LogP contribution in [-0.4, -0.2) is 45.8 Å². The number of aromatic nitrogens is 3. The molecule has 0 aliphatic rings. The van der Waals surface area contributed by atoms with E-state index in [0.29, 0.717) is 25.3 Å². The Morgan fingerprint density at radius 2 is 2.21 bits per heavy atom. The van der Waals surface area contributed by atoms with Gasteiger partial charge in [-0.1, -0.05) is 0 Å². The third-order valence-corrected chi connectivity index (χ3v) is 2.41. The lowest BCUT2D eigenvalue weighted by molar-refractivity contribution is -0.121. The Labute approximate surface area is 112 Å². The van der Waals surface area contributed by atoms with Crippen LogP contribution in [-0.2, 0) is 18.3 Å². The number of carbonyl (C=O) groups excluding carboxylic acids is 2. The first-order valence-corrected chi connectivity index (χ1v) is 6.19. The summed E-state index contributed by atoms with van der Waals surface area (Å²) in [6.45, 7) is 4.52. The van der Waals surface area contributed by atoms with E-state index in [4.69, 9.17) is 0 Å². The SMILES string of the molecule is CCNC(=O)NC(=O)C(C)NCCc1ncn(C)n1. The number of imide groups is 1. The predicted octanol–water partition coefficient (Wildman–Crippen LogP) is -0.819. The van der Waals surface area contributed by atoms with Gasteiger partial charge in [0, 0.05) is 26.6 Å². The highest BCUT2D eigenvalue weighted by molar-refractivity contribution is 5.96. The van der Waals surface area contributed by atoms with Crippen molar-refractivity contribution in [2.75, 3.05) is 13.1 Å². The van der Waals surface area contributed by atoms with Crippen LogP contribution in [0, 0.1) is 0 Å². The minimum Gasteiger partial charge on any atom is -0.338 e. The molecule has 0 aromatic carbocycles. The lowest BCUT2D eigenvalue weighted by Gasteiger charge is -2.12. The van der Waals surface area contributed by atoms with Gasteiger partial charge in [-0.05, 0) is 13.8 Å². The van der Waals surface area contributed by atoms with E-state index in [-0.39, 0.29) is 5.91 Å². The Bertz CT molecular complexity index is 431. The third-order valence-electron chi connectivity index (χ3n) is 2.41. The average Bonchev–Trinajstić information content (AvgIpc) is 2.75. The highest BCUT2D eigenvalue weighted by Crippen LogP contribution is 1.90. The number of urea groups is 1. The molecular weight excluding hydrogens is 248 g/mol. The van der Waals surface area contributed by atoms with Crippen molar-refractivity contribution in [3.63, 3.8) is 0 Å². The first-order chi connectivity index (χ1) is 9.02. The monoisotopic (exact) mass is 268 g/mol. The molecule has 0 saturated heterocycles. The molecule has 1 aromatic rings. The molecule has 0 radical (unpaired) electrons. The summed E-state index contributed by atoms with van der Waals surface area (Å²) in [6.07, 6.45) is 2.25. The summed E-state index contributed by atoms with van der Waals surface area (Å²) in [5.74, 6) is 0.353. The zero-order valence-electron chi connectivity index (χ0n) is 11.4. The summed E-state index contributed by atoms with van der Waals surface area (Å²) in [5.41, 5.74) is 0. The second kappa shape index (κ2) is 7.47. The smallest absolute Gasteiger partial charge is 0.321 e. The van der Waals surface area contributed by atoms with Gasteiger partial charge in [-0.2, -0.15) is 5.10 Å². The van der Waals surface area contributed by atoms with Crippen molar-refractivity contribution in [2.45, 2.75) is 26.3 Å². The fourth-order valence-electron chi connectivity index (χ4n) is 1.42. The van der Waals surface area contributed by atoms with E-state index in [1.54, 1.807) is 31.9 Å². The van der Waals surface area contributed by atoms with E-state index in [1.165, 1.54) is 0 Å². The largest absolute Gasteiger partial charge is 0.338 e. The molecule has 0 spiro atoms. The van der Waals surface area contributed by atoms with Crippen molar-refractivity contribution < 1.29 is 9.59 Å². The molecule has 0 aliphatic heterocycles. The third kappa shape index (κ3) is 5.47. The van der Waals surface area contributed by atoms with Crippen LogP contribution in [0.5, 0.6) is 0 Å². The van der Waals surface area contributed by atoms with Crippen LogP contribution in [0.4, 0.5) is 4.79 Å². The first kappa shape index (κ1) is 15.1. The van der Waals surface area contributed by atoms with Gasteiger partial charge in [-0.25, -0.2) is 9.78 Å². The van der Waals surface area contributed by atoms with Crippen molar-refractivity contribution in [1.82, 2.24) is 30.7 Å². The molecule has 0 bridgehead atoms. The summed E-state index contributed by atoms with van der Waals surface area (Å²) in [7, 11) is 1.80. The average molecular weight is 268 g/mol. The molecule has 106 valence electrons. The maximum Gasteiger partial charge on any atom is 0.321 e. The van der Waals surface area contributed by atoms with Gasteiger partial charge in [0.1, 0.15) is 6.33 Å². The second-order valence-electron chi connectivity index (χ2n) is 4.11. The molecule has 1 unspecified atom stereocenters. The molecular formula is C11H20N6O2. The van der Waals surface area contributed by atoms with E-state index in [2.05, 4.69) is 26.0 Å². The fourth-order valence-corrected chi connectivity index (χ4v) is 1.42. The molecule has 3 amide bonds. The van der Waals surface area contributed by atoms with Gasteiger partial charge >= 0.3 is 6.03 Å². The summed E-state index contributed by atoms with van der Waals surface area (Å²) in [6, 6.07) is -0.932. The van der Waals surface area contributed by atoms with E-state index < -0.39 is 12.1 Å². The van der Waals surface area contributed by atoms with Crippen molar-refractivity contribution in [1.29, 1.82) is 0 Å². The molecule has 1 aromatic heterocycles. The molecule has 0 aliphatic carbocycles. The highest BCUT2D eigenvalue weighted by atomic mass is 16.2. The molecule has 8 nitrogen and oxygen atoms in total. The van der Waals surface area contributed by atoms with E-state index in [9.17, 15) is 9.59 Å². The Balaban J connectivity index is 2.24. The quantitative estimate of drug-likeness (QED) is 0.626. The van der Waals surface area contributed by atoms with Crippen molar-refractivity contribution in [2.24, 2.45) is 7.05 Å². The minimum absolute atomic E-state index is 0.361. The highest BCUT2D eigenvalue weighted by Gasteiger charge is 2.14. The van der Waals surface area contributed by atoms with Crippen LogP contribution in [0.3, 0.4) is 0 Å². The number of rotatable bonds is 6.